The molecule has 0 aliphatic carbocycles. The minimum atomic E-state index is -0.290. The summed E-state index contributed by atoms with van der Waals surface area (Å²) in [5, 5.41) is 19.3. The third kappa shape index (κ3) is 3.02. The lowest BCUT2D eigenvalue weighted by molar-refractivity contribution is -0.384. The molecule has 0 aromatic carbocycles. The molecule has 1 N–H and O–H groups in total. The van der Waals surface area contributed by atoms with Gasteiger partial charge in [-0.05, 0) is 40.2 Å². The Hall–Kier alpha value is -1.63. The lowest BCUT2D eigenvalue weighted by Gasteiger charge is -2.30. The molecular weight excluding hydrogens is 270 g/mol. The number of nitrogens with zero attached hydrogens (tertiary/aromatic N) is 4. The van der Waals surface area contributed by atoms with Gasteiger partial charge in [0.1, 0.15) is 5.69 Å². The molecule has 2 heterocycles. The molecule has 1 saturated heterocycles. The summed E-state index contributed by atoms with van der Waals surface area (Å²) in [4.78, 5) is 13.4. The van der Waals surface area contributed by atoms with E-state index in [1.807, 2.05) is 13.8 Å². The van der Waals surface area contributed by atoms with E-state index in [-0.39, 0.29) is 16.7 Å². The molecule has 0 radical (unpaired) electrons. The summed E-state index contributed by atoms with van der Waals surface area (Å²) in [6.45, 7) is 10.5. The van der Waals surface area contributed by atoms with E-state index in [0.29, 0.717) is 17.6 Å². The van der Waals surface area contributed by atoms with Gasteiger partial charge in [0.25, 0.3) is 0 Å². The smallest absolute Gasteiger partial charge is 0.333 e. The molecule has 0 amide bonds. The van der Waals surface area contributed by atoms with Gasteiger partial charge in [-0.25, -0.2) is 4.68 Å². The maximum absolute atomic E-state index is 11.5. The highest BCUT2D eigenvalue weighted by atomic mass is 16.6. The van der Waals surface area contributed by atoms with Gasteiger partial charge in [-0.1, -0.05) is 6.92 Å². The standard InChI is InChI=1S/C14H25N5O2/c1-5-8-17(12-6-7-15-9-12)14-13(19(20)21)11(4)16-18(14)10(2)3/h10,12,15H,5-9H2,1-4H3. The Morgan fingerprint density at radius 1 is 1.57 bits per heavy atom. The number of aryl methyl sites for hydroxylation is 1. The zero-order valence-electron chi connectivity index (χ0n) is 13.3. The molecule has 1 unspecified atom stereocenters. The average Bonchev–Trinajstić information content (AvgIpc) is 3.03. The van der Waals surface area contributed by atoms with Crippen molar-refractivity contribution in [3.05, 3.63) is 15.8 Å². The fourth-order valence-corrected chi connectivity index (χ4v) is 2.98. The van der Waals surface area contributed by atoms with Gasteiger partial charge in [-0.3, -0.25) is 10.1 Å². The number of nitrogens with one attached hydrogen (secondary N) is 1. The summed E-state index contributed by atoms with van der Waals surface area (Å²) in [6, 6.07) is 0.401. The van der Waals surface area contributed by atoms with E-state index in [9.17, 15) is 10.1 Å². The van der Waals surface area contributed by atoms with Gasteiger partial charge in [-0.2, -0.15) is 5.10 Å². The maximum atomic E-state index is 11.5. The van der Waals surface area contributed by atoms with Gasteiger partial charge in [-0.15, -0.1) is 0 Å². The molecule has 1 fully saturated rings. The van der Waals surface area contributed by atoms with E-state index in [4.69, 9.17) is 0 Å². The predicted molar refractivity (Wildman–Crippen MR) is 82.9 cm³/mol. The number of aromatic nitrogens is 2. The van der Waals surface area contributed by atoms with Crippen molar-refractivity contribution in [3.63, 3.8) is 0 Å². The maximum Gasteiger partial charge on any atom is 0.333 e. The van der Waals surface area contributed by atoms with Crippen molar-refractivity contribution in [1.82, 2.24) is 15.1 Å². The molecular formula is C14H25N5O2. The van der Waals surface area contributed by atoms with E-state index >= 15 is 0 Å². The molecule has 0 bridgehead atoms. The van der Waals surface area contributed by atoms with Crippen LogP contribution in [0.15, 0.2) is 0 Å². The van der Waals surface area contributed by atoms with Crippen molar-refractivity contribution in [2.75, 3.05) is 24.5 Å². The van der Waals surface area contributed by atoms with E-state index in [1.165, 1.54) is 0 Å². The van der Waals surface area contributed by atoms with Crippen LogP contribution in [-0.2, 0) is 0 Å². The number of anilines is 1. The molecule has 1 aliphatic rings. The van der Waals surface area contributed by atoms with Gasteiger partial charge < -0.3 is 10.2 Å². The summed E-state index contributed by atoms with van der Waals surface area (Å²) in [6.07, 6.45) is 1.97. The molecule has 1 aromatic heterocycles. The van der Waals surface area contributed by atoms with Crippen LogP contribution in [0.1, 0.15) is 45.3 Å². The highest BCUT2D eigenvalue weighted by molar-refractivity contribution is 5.62. The van der Waals surface area contributed by atoms with Crippen molar-refractivity contribution >= 4 is 11.5 Å². The molecule has 2 rings (SSSR count). The third-order valence-corrected chi connectivity index (χ3v) is 3.91. The van der Waals surface area contributed by atoms with Crippen LogP contribution in [-0.4, -0.2) is 40.4 Å². The van der Waals surface area contributed by atoms with Crippen molar-refractivity contribution < 1.29 is 4.92 Å². The molecule has 0 saturated carbocycles. The van der Waals surface area contributed by atoms with Gasteiger partial charge in [0.05, 0.1) is 4.92 Å². The SMILES string of the molecule is CCCN(c1c([N+](=O)[O-])c(C)nn1C(C)C)C1CCNC1. The van der Waals surface area contributed by atoms with Crippen LogP contribution in [0.2, 0.25) is 0 Å². The second kappa shape index (κ2) is 6.43. The van der Waals surface area contributed by atoms with Crippen LogP contribution >= 0.6 is 0 Å². The molecule has 7 heteroatoms. The second-order valence-corrected chi connectivity index (χ2v) is 5.89. The number of nitro groups is 1. The Labute approximate surface area is 125 Å². The van der Waals surface area contributed by atoms with E-state index in [0.717, 1.165) is 32.5 Å². The minimum absolute atomic E-state index is 0.0983. The number of hydrogen-bond donors (Lipinski definition) is 1. The zero-order valence-corrected chi connectivity index (χ0v) is 13.3. The van der Waals surface area contributed by atoms with Gasteiger partial charge in [0.2, 0.25) is 5.82 Å². The van der Waals surface area contributed by atoms with Gasteiger partial charge in [0, 0.05) is 25.2 Å². The number of rotatable bonds is 6. The molecule has 0 spiro atoms. The summed E-state index contributed by atoms with van der Waals surface area (Å²) in [5.41, 5.74) is 0.653. The van der Waals surface area contributed by atoms with E-state index in [1.54, 1.807) is 11.6 Å². The molecule has 1 aromatic rings. The van der Waals surface area contributed by atoms with Crippen LogP contribution in [0.3, 0.4) is 0 Å². The second-order valence-electron chi connectivity index (χ2n) is 5.89. The third-order valence-electron chi connectivity index (χ3n) is 3.91. The van der Waals surface area contributed by atoms with Crippen LogP contribution in [0, 0.1) is 17.0 Å². The summed E-state index contributed by atoms with van der Waals surface area (Å²) in [7, 11) is 0. The van der Waals surface area contributed by atoms with Gasteiger partial charge in [0.15, 0.2) is 0 Å². The number of hydrogen-bond acceptors (Lipinski definition) is 5. The molecule has 21 heavy (non-hydrogen) atoms. The summed E-state index contributed by atoms with van der Waals surface area (Å²) < 4.78 is 1.81. The first-order valence-corrected chi connectivity index (χ1v) is 7.68. The molecule has 1 aliphatic heterocycles. The highest BCUT2D eigenvalue weighted by Crippen LogP contribution is 2.35. The Bertz CT molecular complexity index is 506. The zero-order chi connectivity index (χ0) is 15.6. The molecule has 1 atom stereocenters. The lowest BCUT2D eigenvalue weighted by atomic mass is 10.2. The normalized spacial score (nSPS) is 18.4. The first-order chi connectivity index (χ1) is 9.97. The average molecular weight is 295 g/mol. The van der Waals surface area contributed by atoms with Crippen LogP contribution in [0.5, 0.6) is 0 Å². The van der Waals surface area contributed by atoms with Crippen LogP contribution in [0.25, 0.3) is 0 Å². The Balaban J connectivity index is 2.53. The van der Waals surface area contributed by atoms with Crippen molar-refractivity contribution in [2.45, 2.75) is 52.6 Å². The fraction of sp³-hybridized carbons (Fsp3) is 0.786. The van der Waals surface area contributed by atoms with Crippen molar-refractivity contribution in [3.8, 4) is 0 Å². The van der Waals surface area contributed by atoms with E-state index in [2.05, 4.69) is 22.2 Å². The Morgan fingerprint density at radius 3 is 2.76 bits per heavy atom. The fourth-order valence-electron chi connectivity index (χ4n) is 2.98. The first-order valence-electron chi connectivity index (χ1n) is 7.68. The van der Waals surface area contributed by atoms with Crippen molar-refractivity contribution in [2.24, 2.45) is 0 Å². The van der Waals surface area contributed by atoms with Crippen LogP contribution < -0.4 is 10.2 Å². The molecule has 118 valence electrons. The first kappa shape index (κ1) is 15.8. The lowest BCUT2D eigenvalue weighted by Crippen LogP contribution is -2.39. The van der Waals surface area contributed by atoms with Crippen molar-refractivity contribution in [1.29, 1.82) is 0 Å². The molecule has 7 nitrogen and oxygen atoms in total. The predicted octanol–water partition coefficient (Wildman–Crippen LogP) is 2.26. The summed E-state index contributed by atoms with van der Waals surface area (Å²) in [5.74, 6) is 0.669. The largest absolute Gasteiger partial charge is 0.347 e. The Kier molecular flexibility index (Phi) is 4.82. The van der Waals surface area contributed by atoms with Gasteiger partial charge >= 0.3 is 5.69 Å². The topological polar surface area (TPSA) is 76.2 Å². The Morgan fingerprint density at radius 2 is 2.29 bits per heavy atom. The minimum Gasteiger partial charge on any atom is -0.347 e. The summed E-state index contributed by atoms with van der Waals surface area (Å²) >= 11 is 0. The van der Waals surface area contributed by atoms with Crippen LogP contribution in [0.4, 0.5) is 11.5 Å². The van der Waals surface area contributed by atoms with E-state index < -0.39 is 0 Å². The monoisotopic (exact) mass is 295 g/mol. The quantitative estimate of drug-likeness (QED) is 0.643. The highest BCUT2D eigenvalue weighted by Gasteiger charge is 2.34.